The molecular weight excluding hydrogens is 404 g/mol. The second-order valence-electron chi connectivity index (χ2n) is 9.00. The predicted molar refractivity (Wildman–Crippen MR) is 122 cm³/mol. The Balaban J connectivity index is 1.49. The van der Waals surface area contributed by atoms with Gasteiger partial charge in [0.1, 0.15) is 17.4 Å². The first-order valence-electron chi connectivity index (χ1n) is 11.8. The van der Waals surface area contributed by atoms with Crippen LogP contribution < -0.4 is 9.64 Å². The summed E-state index contributed by atoms with van der Waals surface area (Å²) in [5, 5.41) is 0. The van der Waals surface area contributed by atoms with Crippen LogP contribution >= 0.6 is 0 Å². The molecule has 2 aromatic rings. The third-order valence-electron chi connectivity index (χ3n) is 7.13. The number of aryl methyl sites for hydroxylation is 1. The molecule has 1 aromatic carbocycles. The number of benzene rings is 1. The smallest absolute Gasteiger partial charge is 0.228 e. The zero-order valence-electron chi connectivity index (χ0n) is 19.0. The van der Waals surface area contributed by atoms with E-state index in [1.165, 1.54) is 0 Å². The number of carbonyl (C=O) groups is 1. The Hall–Kier alpha value is -2.51. The fourth-order valence-electron chi connectivity index (χ4n) is 5.44. The molecule has 1 unspecified atom stereocenters. The molecule has 0 aliphatic carbocycles. The van der Waals surface area contributed by atoms with Gasteiger partial charge in [0, 0.05) is 42.5 Å². The van der Waals surface area contributed by atoms with Crippen molar-refractivity contribution < 1.29 is 14.3 Å². The number of nitrogens with zero attached hydrogens (tertiary/aromatic N) is 4. The summed E-state index contributed by atoms with van der Waals surface area (Å²) in [5.41, 5.74) is 3.08. The first kappa shape index (κ1) is 21.3. The molecule has 0 saturated carbocycles. The van der Waals surface area contributed by atoms with Crippen LogP contribution in [-0.4, -0.2) is 53.7 Å². The fraction of sp³-hybridized carbons (Fsp3) is 0.560. The van der Waals surface area contributed by atoms with Gasteiger partial charge in [-0.3, -0.25) is 14.6 Å². The second kappa shape index (κ2) is 9.16. The van der Waals surface area contributed by atoms with Gasteiger partial charge in [0.15, 0.2) is 0 Å². The number of likely N-dealkylation sites (tertiary alicyclic amines) is 1. The number of methoxy groups -OCH3 is 1. The van der Waals surface area contributed by atoms with Crippen molar-refractivity contribution in [1.82, 2.24) is 14.9 Å². The topological polar surface area (TPSA) is 67.8 Å². The summed E-state index contributed by atoms with van der Waals surface area (Å²) < 4.78 is 11.1. The van der Waals surface area contributed by atoms with Crippen molar-refractivity contribution in [2.75, 3.05) is 31.8 Å². The van der Waals surface area contributed by atoms with Crippen molar-refractivity contribution in [2.24, 2.45) is 0 Å². The molecule has 7 nitrogen and oxygen atoms in total. The molecule has 5 rings (SSSR count). The number of para-hydroxylation sites is 1. The number of anilines is 1. The number of fused-ring (bicyclic) bond motifs is 1. The van der Waals surface area contributed by atoms with E-state index >= 15 is 0 Å². The molecule has 170 valence electrons. The minimum absolute atomic E-state index is 0.111. The highest BCUT2D eigenvalue weighted by Gasteiger charge is 2.36. The number of rotatable bonds is 5. The molecule has 2 fully saturated rings. The Morgan fingerprint density at radius 1 is 1.12 bits per heavy atom. The van der Waals surface area contributed by atoms with E-state index < -0.39 is 0 Å². The van der Waals surface area contributed by atoms with Crippen LogP contribution in [0.4, 0.5) is 5.82 Å². The first-order valence-corrected chi connectivity index (χ1v) is 11.8. The molecule has 0 N–H and O–H groups in total. The van der Waals surface area contributed by atoms with Crippen molar-refractivity contribution >= 4 is 11.7 Å². The van der Waals surface area contributed by atoms with Crippen LogP contribution in [0.5, 0.6) is 5.75 Å². The number of hydrogen-bond acceptors (Lipinski definition) is 6. The van der Waals surface area contributed by atoms with Gasteiger partial charge in [-0.1, -0.05) is 18.2 Å². The average molecular weight is 437 g/mol. The van der Waals surface area contributed by atoms with Crippen molar-refractivity contribution in [3.63, 3.8) is 0 Å². The van der Waals surface area contributed by atoms with Crippen molar-refractivity contribution in [3.8, 4) is 5.75 Å². The number of ether oxygens (including phenoxy) is 2. The zero-order chi connectivity index (χ0) is 22.1. The van der Waals surface area contributed by atoms with E-state index in [0.29, 0.717) is 25.4 Å². The molecule has 3 aliphatic rings. The van der Waals surface area contributed by atoms with Gasteiger partial charge in [-0.2, -0.15) is 0 Å². The van der Waals surface area contributed by atoms with Gasteiger partial charge < -0.3 is 9.47 Å². The van der Waals surface area contributed by atoms with E-state index in [0.717, 1.165) is 79.7 Å². The van der Waals surface area contributed by atoms with E-state index in [1.54, 1.807) is 7.11 Å². The zero-order valence-corrected chi connectivity index (χ0v) is 19.0. The van der Waals surface area contributed by atoms with Crippen LogP contribution in [0.1, 0.15) is 60.8 Å². The second-order valence-corrected chi connectivity index (χ2v) is 9.00. The quantitative estimate of drug-likeness (QED) is 0.714. The van der Waals surface area contributed by atoms with Crippen molar-refractivity contribution in [1.29, 1.82) is 0 Å². The van der Waals surface area contributed by atoms with Crippen LogP contribution in [0.25, 0.3) is 0 Å². The average Bonchev–Trinajstić information content (AvgIpc) is 3.32. The summed E-state index contributed by atoms with van der Waals surface area (Å²) in [7, 11) is 1.67. The number of aromatic nitrogens is 2. The summed E-state index contributed by atoms with van der Waals surface area (Å²) >= 11 is 0. The minimum Gasteiger partial charge on any atom is -0.496 e. The van der Waals surface area contributed by atoms with Crippen LogP contribution in [0.3, 0.4) is 0 Å². The maximum Gasteiger partial charge on any atom is 0.228 e. The molecule has 0 radical (unpaired) electrons. The summed E-state index contributed by atoms with van der Waals surface area (Å²) in [4.78, 5) is 27.5. The Labute approximate surface area is 189 Å². The molecule has 1 atom stereocenters. The van der Waals surface area contributed by atoms with Crippen molar-refractivity contribution in [3.05, 3.63) is 46.9 Å². The Bertz CT molecular complexity index is 989. The Morgan fingerprint density at radius 3 is 2.75 bits per heavy atom. The Morgan fingerprint density at radius 2 is 1.94 bits per heavy atom. The van der Waals surface area contributed by atoms with E-state index in [9.17, 15) is 4.79 Å². The summed E-state index contributed by atoms with van der Waals surface area (Å²) in [5.74, 6) is 2.55. The van der Waals surface area contributed by atoms with Gasteiger partial charge in [-0.25, -0.2) is 9.97 Å². The molecule has 3 aliphatic heterocycles. The van der Waals surface area contributed by atoms with Crippen LogP contribution in [0.2, 0.25) is 0 Å². The monoisotopic (exact) mass is 436 g/mol. The third kappa shape index (κ3) is 3.99. The molecule has 7 heteroatoms. The van der Waals surface area contributed by atoms with E-state index in [4.69, 9.17) is 19.4 Å². The number of hydrogen-bond donors (Lipinski definition) is 0. The lowest BCUT2D eigenvalue weighted by atomic mass is 10.0. The normalized spacial score (nSPS) is 22.2. The molecule has 0 bridgehead atoms. The lowest BCUT2D eigenvalue weighted by Crippen LogP contribution is -2.40. The van der Waals surface area contributed by atoms with Gasteiger partial charge in [0.2, 0.25) is 5.91 Å². The molecular formula is C25H32N4O3. The minimum atomic E-state index is 0.111. The number of carbonyl (C=O) groups excluding carboxylic acids is 1. The van der Waals surface area contributed by atoms with Gasteiger partial charge >= 0.3 is 0 Å². The lowest BCUT2D eigenvalue weighted by molar-refractivity contribution is -0.119. The maximum atomic E-state index is 13.0. The highest BCUT2D eigenvalue weighted by Crippen LogP contribution is 2.37. The number of amides is 1. The predicted octanol–water partition coefficient (Wildman–Crippen LogP) is 3.59. The highest BCUT2D eigenvalue weighted by atomic mass is 16.5. The van der Waals surface area contributed by atoms with E-state index in [-0.39, 0.29) is 11.9 Å². The molecule has 1 amide bonds. The van der Waals surface area contributed by atoms with Crippen molar-refractivity contribution in [2.45, 2.75) is 64.1 Å². The maximum absolute atomic E-state index is 13.0. The summed E-state index contributed by atoms with van der Waals surface area (Å²) in [6.45, 7) is 5.27. The molecule has 0 spiro atoms. The molecule has 32 heavy (non-hydrogen) atoms. The standard InChI is InChI=1S/C25H32N4O3/c1-17-20-9-10-23(30)29(16-18-6-3-4-8-22(18)31-2)25(20)27-24(26-17)21-7-5-13-28(21)19-11-14-32-15-12-19/h3-4,6,8,19,21H,5,7,9-16H2,1-2H3. The van der Waals surface area contributed by atoms with E-state index in [1.807, 2.05) is 29.2 Å². The SMILES string of the molecule is COc1ccccc1CN1C(=O)CCc2c(C)nc(C3CCCN3C3CCOCC3)nc21. The van der Waals surface area contributed by atoms with Crippen LogP contribution in [0, 0.1) is 6.92 Å². The van der Waals surface area contributed by atoms with Gasteiger partial charge in [-0.15, -0.1) is 0 Å². The lowest BCUT2D eigenvalue weighted by Gasteiger charge is -2.36. The summed E-state index contributed by atoms with van der Waals surface area (Å²) in [6.07, 6.45) is 5.56. The molecule has 4 heterocycles. The largest absolute Gasteiger partial charge is 0.496 e. The van der Waals surface area contributed by atoms with E-state index in [2.05, 4.69) is 11.8 Å². The van der Waals surface area contributed by atoms with Gasteiger partial charge in [-0.05, 0) is 51.6 Å². The van der Waals surface area contributed by atoms with Crippen LogP contribution in [0.15, 0.2) is 24.3 Å². The third-order valence-corrected chi connectivity index (χ3v) is 7.13. The molecule has 1 aromatic heterocycles. The molecule has 2 saturated heterocycles. The first-order chi connectivity index (χ1) is 15.7. The van der Waals surface area contributed by atoms with Gasteiger partial charge in [0.05, 0.1) is 19.7 Å². The fourth-order valence-corrected chi connectivity index (χ4v) is 5.44. The summed E-state index contributed by atoms with van der Waals surface area (Å²) in [6, 6.07) is 8.62. The van der Waals surface area contributed by atoms with Gasteiger partial charge in [0.25, 0.3) is 0 Å². The highest BCUT2D eigenvalue weighted by molar-refractivity contribution is 5.95. The Kier molecular flexibility index (Phi) is 6.11. The van der Waals surface area contributed by atoms with Crippen LogP contribution in [-0.2, 0) is 22.5 Å².